The fourth-order valence-corrected chi connectivity index (χ4v) is 2.31. The first kappa shape index (κ1) is 14.9. The zero-order valence-electron chi connectivity index (χ0n) is 11.8. The highest BCUT2D eigenvalue weighted by atomic mass is 35.5. The van der Waals surface area contributed by atoms with Crippen molar-refractivity contribution in [1.29, 1.82) is 0 Å². The van der Waals surface area contributed by atoms with Crippen molar-refractivity contribution in [2.45, 2.75) is 0 Å². The van der Waals surface area contributed by atoms with E-state index in [4.69, 9.17) is 11.6 Å². The van der Waals surface area contributed by atoms with Crippen molar-refractivity contribution < 1.29 is 14.7 Å². The number of ketones is 1. The van der Waals surface area contributed by atoms with Crippen LogP contribution >= 0.6 is 11.6 Å². The largest absolute Gasteiger partial charge is 0.508 e. The fourth-order valence-electron chi connectivity index (χ4n) is 2.13. The lowest BCUT2D eigenvalue weighted by molar-refractivity contribution is -0.116. The molecule has 116 valence electrons. The average molecular weight is 330 g/mol. The normalized spacial score (nSPS) is 10.5. The lowest BCUT2D eigenvalue weighted by Crippen LogP contribution is -2.35. The molecule has 0 saturated carbocycles. The zero-order chi connectivity index (χ0) is 16.4. The molecule has 23 heavy (non-hydrogen) atoms. The number of Topliss-reactive ketones (excluding diaryl/α,β-unsaturated/α-hetero) is 1. The molecule has 7 heteroatoms. The van der Waals surface area contributed by atoms with E-state index in [0.717, 1.165) is 5.52 Å². The third-order valence-electron chi connectivity index (χ3n) is 3.28. The van der Waals surface area contributed by atoms with Gasteiger partial charge in [-0.05, 0) is 42.5 Å². The number of phenolic OH excluding ortho intramolecular Hbond substituents is 1. The first-order valence-corrected chi connectivity index (χ1v) is 7.09. The van der Waals surface area contributed by atoms with Gasteiger partial charge >= 0.3 is 5.91 Å². The summed E-state index contributed by atoms with van der Waals surface area (Å²) in [6, 6.07) is 11.1. The second kappa shape index (κ2) is 6.02. The van der Waals surface area contributed by atoms with Gasteiger partial charge in [0.05, 0.1) is 11.3 Å². The van der Waals surface area contributed by atoms with Crippen molar-refractivity contribution in [3.05, 3.63) is 59.2 Å². The minimum absolute atomic E-state index is 0.105. The third-order valence-corrected chi connectivity index (χ3v) is 3.52. The lowest BCUT2D eigenvalue weighted by atomic mass is 10.1. The summed E-state index contributed by atoms with van der Waals surface area (Å²) in [6.07, 6.45) is 1.48. The van der Waals surface area contributed by atoms with Crippen molar-refractivity contribution in [2.75, 3.05) is 5.43 Å². The standard InChI is InChI=1S/C16H12ClN3O3/c17-9-1-6-14-12(7-9)13(8-18-14)15(22)16(23)20-19-10-2-4-11(21)5-3-10/h1-8,18-19,21H,(H,20,23). The molecular formula is C16H12ClN3O3. The number of hydrogen-bond acceptors (Lipinski definition) is 4. The third kappa shape index (κ3) is 3.12. The molecule has 0 radical (unpaired) electrons. The van der Waals surface area contributed by atoms with E-state index in [1.165, 1.54) is 18.3 Å². The van der Waals surface area contributed by atoms with Gasteiger partial charge in [0.25, 0.3) is 5.78 Å². The Morgan fingerprint density at radius 1 is 1.09 bits per heavy atom. The van der Waals surface area contributed by atoms with Crippen LogP contribution in [0.25, 0.3) is 10.9 Å². The maximum atomic E-state index is 12.3. The van der Waals surface area contributed by atoms with Crippen molar-refractivity contribution in [1.82, 2.24) is 10.4 Å². The van der Waals surface area contributed by atoms with Gasteiger partial charge in [0.1, 0.15) is 5.75 Å². The van der Waals surface area contributed by atoms with Gasteiger partial charge in [-0.25, -0.2) is 0 Å². The topological polar surface area (TPSA) is 94.2 Å². The molecular weight excluding hydrogens is 318 g/mol. The van der Waals surface area contributed by atoms with Crippen LogP contribution < -0.4 is 10.9 Å². The van der Waals surface area contributed by atoms with Crippen LogP contribution in [0.15, 0.2) is 48.7 Å². The first-order valence-electron chi connectivity index (χ1n) is 6.71. The van der Waals surface area contributed by atoms with Crippen molar-refractivity contribution in [3.8, 4) is 5.75 Å². The Balaban J connectivity index is 1.75. The zero-order valence-corrected chi connectivity index (χ0v) is 12.5. The van der Waals surface area contributed by atoms with Gasteiger partial charge in [0.2, 0.25) is 0 Å². The van der Waals surface area contributed by atoms with Crippen LogP contribution in [0.1, 0.15) is 10.4 Å². The van der Waals surface area contributed by atoms with E-state index >= 15 is 0 Å². The molecule has 3 rings (SSSR count). The summed E-state index contributed by atoms with van der Waals surface area (Å²) in [5.74, 6) is -1.39. The Morgan fingerprint density at radius 3 is 2.57 bits per heavy atom. The van der Waals surface area contributed by atoms with E-state index in [9.17, 15) is 14.7 Å². The molecule has 0 fully saturated rings. The Labute approximate surface area is 136 Å². The molecule has 4 N–H and O–H groups in total. The molecule has 0 unspecified atom stereocenters. The number of aromatic amines is 1. The number of nitrogens with one attached hydrogen (secondary N) is 3. The number of aromatic hydroxyl groups is 1. The molecule has 0 saturated heterocycles. The van der Waals surface area contributed by atoms with Gasteiger partial charge in [-0.2, -0.15) is 0 Å². The van der Waals surface area contributed by atoms with E-state index in [2.05, 4.69) is 15.8 Å². The molecule has 0 atom stereocenters. The number of hydrogen-bond donors (Lipinski definition) is 4. The number of anilines is 1. The number of hydrazine groups is 1. The van der Waals surface area contributed by atoms with Gasteiger partial charge in [0.15, 0.2) is 0 Å². The number of fused-ring (bicyclic) bond motifs is 1. The lowest BCUT2D eigenvalue weighted by Gasteiger charge is -2.07. The highest BCUT2D eigenvalue weighted by molar-refractivity contribution is 6.45. The summed E-state index contributed by atoms with van der Waals surface area (Å²) in [6.45, 7) is 0. The molecule has 2 aromatic carbocycles. The monoisotopic (exact) mass is 329 g/mol. The predicted molar refractivity (Wildman–Crippen MR) is 87.5 cm³/mol. The number of amides is 1. The molecule has 0 spiro atoms. The molecule has 1 heterocycles. The van der Waals surface area contributed by atoms with E-state index in [1.807, 2.05) is 0 Å². The second-order valence-electron chi connectivity index (χ2n) is 4.85. The number of halogens is 1. The quantitative estimate of drug-likeness (QED) is 0.256. The highest BCUT2D eigenvalue weighted by Crippen LogP contribution is 2.22. The van der Waals surface area contributed by atoms with Crippen LogP contribution in [0.3, 0.4) is 0 Å². The Morgan fingerprint density at radius 2 is 1.83 bits per heavy atom. The predicted octanol–water partition coefficient (Wildman–Crippen LogP) is 2.85. The van der Waals surface area contributed by atoms with Crippen molar-refractivity contribution in [3.63, 3.8) is 0 Å². The van der Waals surface area contributed by atoms with Crippen LogP contribution in [-0.2, 0) is 4.79 Å². The van der Waals surface area contributed by atoms with Crippen LogP contribution in [0.2, 0.25) is 5.02 Å². The molecule has 0 aliphatic carbocycles. The minimum atomic E-state index is -0.807. The van der Waals surface area contributed by atoms with Gasteiger partial charge < -0.3 is 10.1 Å². The summed E-state index contributed by atoms with van der Waals surface area (Å²) >= 11 is 5.93. The summed E-state index contributed by atoms with van der Waals surface area (Å²) in [7, 11) is 0. The maximum absolute atomic E-state index is 12.3. The Kier molecular flexibility index (Phi) is 3.91. The van der Waals surface area contributed by atoms with Crippen LogP contribution in [0.4, 0.5) is 5.69 Å². The first-order chi connectivity index (χ1) is 11.0. The molecule has 0 bridgehead atoms. The van der Waals surface area contributed by atoms with E-state index in [1.54, 1.807) is 30.3 Å². The number of carbonyl (C=O) groups excluding carboxylic acids is 2. The van der Waals surface area contributed by atoms with Crippen molar-refractivity contribution >= 4 is 39.9 Å². The van der Waals surface area contributed by atoms with Gasteiger partial charge in [-0.15, -0.1) is 0 Å². The van der Waals surface area contributed by atoms with E-state index in [0.29, 0.717) is 16.1 Å². The van der Waals surface area contributed by atoms with E-state index < -0.39 is 11.7 Å². The number of H-pyrrole nitrogens is 1. The SMILES string of the molecule is O=C(NNc1ccc(O)cc1)C(=O)c1c[nH]c2ccc(Cl)cc12. The smallest absolute Gasteiger partial charge is 0.310 e. The van der Waals surface area contributed by atoms with Crippen LogP contribution in [0, 0.1) is 0 Å². The van der Waals surface area contributed by atoms with Gasteiger partial charge in [-0.1, -0.05) is 11.6 Å². The van der Waals surface area contributed by atoms with Gasteiger partial charge in [-0.3, -0.25) is 20.4 Å². The Bertz CT molecular complexity index is 887. The maximum Gasteiger partial charge on any atom is 0.310 e. The Hall–Kier alpha value is -2.99. The average Bonchev–Trinajstić information content (AvgIpc) is 2.96. The molecule has 6 nitrogen and oxygen atoms in total. The van der Waals surface area contributed by atoms with Crippen LogP contribution in [0.5, 0.6) is 5.75 Å². The van der Waals surface area contributed by atoms with Crippen LogP contribution in [-0.4, -0.2) is 21.8 Å². The van der Waals surface area contributed by atoms with Gasteiger partial charge in [0, 0.05) is 22.1 Å². The molecule has 1 amide bonds. The molecule has 3 aromatic rings. The van der Waals surface area contributed by atoms with E-state index in [-0.39, 0.29) is 11.3 Å². The van der Waals surface area contributed by atoms with Crippen molar-refractivity contribution in [2.24, 2.45) is 0 Å². The summed E-state index contributed by atoms with van der Waals surface area (Å²) in [5.41, 5.74) is 6.42. The number of rotatable bonds is 4. The summed E-state index contributed by atoms with van der Waals surface area (Å²) < 4.78 is 0. The number of phenols is 1. The number of benzene rings is 2. The fraction of sp³-hybridized carbons (Fsp3) is 0. The number of aromatic nitrogens is 1. The summed E-state index contributed by atoms with van der Waals surface area (Å²) in [4.78, 5) is 27.2. The summed E-state index contributed by atoms with van der Waals surface area (Å²) in [5, 5.41) is 10.3. The number of carbonyl (C=O) groups is 2. The molecule has 0 aliphatic rings. The molecule has 1 aromatic heterocycles. The highest BCUT2D eigenvalue weighted by Gasteiger charge is 2.20. The minimum Gasteiger partial charge on any atom is -0.508 e. The molecule has 0 aliphatic heterocycles. The second-order valence-corrected chi connectivity index (χ2v) is 5.28.